The number of aliphatic hydroxyl groups excluding tert-OH is 2. The minimum Gasteiger partial charge on any atom is -0.442 e. The second-order valence-corrected chi connectivity index (χ2v) is 9.07. The van der Waals surface area contributed by atoms with Crippen molar-refractivity contribution in [3.05, 3.63) is 12.2 Å². The lowest BCUT2D eigenvalue weighted by atomic mass is 9.89. The molecule has 26 heavy (non-hydrogen) atoms. The monoisotopic (exact) mass is 370 g/mol. The molecule has 150 valence electrons. The van der Waals surface area contributed by atoms with Gasteiger partial charge in [0.25, 0.3) is 0 Å². The molecule has 0 bridgehead atoms. The lowest BCUT2D eigenvalue weighted by Gasteiger charge is -2.29. The van der Waals surface area contributed by atoms with Crippen molar-refractivity contribution in [3.8, 4) is 0 Å². The summed E-state index contributed by atoms with van der Waals surface area (Å²) >= 11 is 0. The van der Waals surface area contributed by atoms with E-state index in [9.17, 15) is 19.8 Å². The molecular formula is C19H34N2O5. The van der Waals surface area contributed by atoms with E-state index in [-0.39, 0.29) is 36.6 Å². The molecule has 0 aliphatic heterocycles. The number of hydrogen-bond donors (Lipinski definition) is 4. The second-order valence-electron chi connectivity index (χ2n) is 9.07. The van der Waals surface area contributed by atoms with Crippen LogP contribution in [0.5, 0.6) is 0 Å². The molecule has 0 aromatic heterocycles. The van der Waals surface area contributed by atoms with Gasteiger partial charge in [-0.1, -0.05) is 6.08 Å². The number of nitrogens with one attached hydrogen (secondary N) is 2. The van der Waals surface area contributed by atoms with Crippen LogP contribution < -0.4 is 10.6 Å². The number of amides is 2. The Kier molecular flexibility index (Phi) is 7.65. The van der Waals surface area contributed by atoms with Crippen molar-refractivity contribution in [2.75, 3.05) is 0 Å². The first-order chi connectivity index (χ1) is 11.7. The van der Waals surface area contributed by atoms with Gasteiger partial charge < -0.3 is 25.6 Å². The van der Waals surface area contributed by atoms with Gasteiger partial charge in [0, 0.05) is 23.9 Å². The van der Waals surface area contributed by atoms with E-state index in [2.05, 4.69) is 10.6 Å². The summed E-state index contributed by atoms with van der Waals surface area (Å²) in [6, 6.07) is 0. The van der Waals surface area contributed by atoms with Crippen molar-refractivity contribution < 1.29 is 24.5 Å². The fourth-order valence-corrected chi connectivity index (χ4v) is 2.72. The minimum atomic E-state index is -1.03. The highest BCUT2D eigenvalue weighted by molar-refractivity contribution is 5.77. The van der Waals surface area contributed by atoms with Crippen molar-refractivity contribution in [2.24, 2.45) is 5.92 Å². The molecule has 7 heteroatoms. The van der Waals surface area contributed by atoms with Crippen LogP contribution in [0.3, 0.4) is 0 Å². The van der Waals surface area contributed by atoms with Crippen LogP contribution in [0.4, 0.5) is 4.79 Å². The van der Waals surface area contributed by atoms with Crippen LogP contribution in [0, 0.1) is 5.92 Å². The summed E-state index contributed by atoms with van der Waals surface area (Å²) in [6.45, 7) is 11.2. The van der Waals surface area contributed by atoms with Crippen LogP contribution in [-0.2, 0) is 9.53 Å². The highest BCUT2D eigenvalue weighted by Crippen LogP contribution is 2.23. The van der Waals surface area contributed by atoms with Crippen LogP contribution >= 0.6 is 0 Å². The van der Waals surface area contributed by atoms with Crippen LogP contribution in [0.15, 0.2) is 12.2 Å². The zero-order valence-electron chi connectivity index (χ0n) is 16.7. The summed E-state index contributed by atoms with van der Waals surface area (Å²) in [7, 11) is 0. The van der Waals surface area contributed by atoms with Gasteiger partial charge in [-0.15, -0.1) is 0 Å². The van der Waals surface area contributed by atoms with E-state index in [1.807, 2.05) is 41.5 Å². The number of allylic oxidation sites excluding steroid dienone is 1. The summed E-state index contributed by atoms with van der Waals surface area (Å²) in [4.78, 5) is 24.1. The molecule has 1 rings (SSSR count). The maximum atomic E-state index is 12.1. The topological polar surface area (TPSA) is 108 Å². The van der Waals surface area contributed by atoms with E-state index < -0.39 is 29.9 Å². The first kappa shape index (κ1) is 22.4. The molecule has 0 spiro atoms. The van der Waals surface area contributed by atoms with Gasteiger partial charge in [-0.2, -0.15) is 0 Å². The van der Waals surface area contributed by atoms with Gasteiger partial charge in [0.15, 0.2) is 0 Å². The smallest absolute Gasteiger partial charge is 0.408 e. The maximum absolute atomic E-state index is 12.1. The summed E-state index contributed by atoms with van der Waals surface area (Å²) in [5.41, 5.74) is -0.772. The number of rotatable bonds is 3. The Morgan fingerprint density at radius 1 is 0.962 bits per heavy atom. The van der Waals surface area contributed by atoms with Gasteiger partial charge in [-0.3, -0.25) is 4.79 Å². The third-order valence-corrected chi connectivity index (χ3v) is 3.76. The zero-order valence-corrected chi connectivity index (χ0v) is 16.7. The third kappa shape index (κ3) is 9.20. The summed E-state index contributed by atoms with van der Waals surface area (Å²) in [6.07, 6.45) is 0.778. The molecule has 0 fully saturated rings. The first-order valence-electron chi connectivity index (χ1n) is 9.09. The minimum absolute atomic E-state index is 0.107. The van der Waals surface area contributed by atoms with Gasteiger partial charge in [0.1, 0.15) is 6.10 Å². The summed E-state index contributed by atoms with van der Waals surface area (Å²) < 4.78 is 5.35. The number of carbonyl (C=O) groups is 2. The molecule has 7 nitrogen and oxygen atoms in total. The first-order valence-corrected chi connectivity index (χ1v) is 9.09. The van der Waals surface area contributed by atoms with Crippen LogP contribution in [-0.4, -0.2) is 51.6 Å². The van der Waals surface area contributed by atoms with Crippen LogP contribution in [0.25, 0.3) is 0 Å². The van der Waals surface area contributed by atoms with E-state index in [1.54, 1.807) is 12.2 Å². The molecule has 0 saturated heterocycles. The second kappa shape index (κ2) is 8.86. The molecule has 4 unspecified atom stereocenters. The molecule has 0 aromatic carbocycles. The summed E-state index contributed by atoms with van der Waals surface area (Å²) in [5.74, 6) is -0.378. The van der Waals surface area contributed by atoms with E-state index in [0.29, 0.717) is 0 Å². The Hall–Kier alpha value is -1.60. The van der Waals surface area contributed by atoms with E-state index in [4.69, 9.17) is 4.74 Å². The van der Waals surface area contributed by atoms with E-state index in [1.165, 1.54) is 0 Å². The standard InChI is InChI=1S/C19H34N2O5/c1-18(2,3)20-16(24)10-12-7-8-13(11-15(23)14(22)9-12)26-17(25)21-19(4,5)6/h7-8,12-15,22-23H,9-11H2,1-6H3,(H,20,24)(H,21,25)/b8-7+. The molecular weight excluding hydrogens is 336 g/mol. The molecule has 4 atom stereocenters. The quantitative estimate of drug-likeness (QED) is 0.567. The predicted octanol–water partition coefficient (Wildman–Crippen LogP) is 1.87. The molecule has 0 aromatic rings. The molecule has 4 N–H and O–H groups in total. The average Bonchev–Trinajstić information content (AvgIpc) is 2.38. The van der Waals surface area contributed by atoms with E-state index >= 15 is 0 Å². The Labute approximate surface area is 156 Å². The number of hydrogen-bond acceptors (Lipinski definition) is 5. The number of carbonyl (C=O) groups excluding carboxylic acids is 2. The molecule has 0 heterocycles. The van der Waals surface area contributed by atoms with Crippen LogP contribution in [0.2, 0.25) is 0 Å². The zero-order chi connectivity index (χ0) is 20.1. The summed E-state index contributed by atoms with van der Waals surface area (Å²) in [5, 5.41) is 25.9. The van der Waals surface area contributed by atoms with Gasteiger partial charge in [-0.05, 0) is 60.0 Å². The average molecular weight is 370 g/mol. The fraction of sp³-hybridized carbons (Fsp3) is 0.789. The highest BCUT2D eigenvalue weighted by atomic mass is 16.6. The Morgan fingerprint density at radius 2 is 1.50 bits per heavy atom. The SMILES string of the molecule is CC(C)(C)NC(=O)CC1/C=C/C(OC(=O)NC(C)(C)C)CC(O)C(O)C1. The molecule has 1 aliphatic rings. The molecule has 0 saturated carbocycles. The van der Waals surface area contributed by atoms with Gasteiger partial charge >= 0.3 is 6.09 Å². The molecule has 2 amide bonds. The lowest BCUT2D eigenvalue weighted by molar-refractivity contribution is -0.123. The molecule has 1 aliphatic carbocycles. The van der Waals surface area contributed by atoms with Crippen molar-refractivity contribution in [1.82, 2.24) is 10.6 Å². The Morgan fingerprint density at radius 3 is 2.04 bits per heavy atom. The number of alkyl carbamates (subject to hydrolysis) is 1. The number of ether oxygens (including phenoxy) is 1. The number of aliphatic hydroxyl groups is 2. The van der Waals surface area contributed by atoms with Crippen molar-refractivity contribution in [2.45, 2.75) is 90.2 Å². The van der Waals surface area contributed by atoms with Crippen molar-refractivity contribution >= 4 is 12.0 Å². The third-order valence-electron chi connectivity index (χ3n) is 3.76. The van der Waals surface area contributed by atoms with Gasteiger partial charge in [0.2, 0.25) is 5.91 Å². The van der Waals surface area contributed by atoms with Crippen molar-refractivity contribution in [1.29, 1.82) is 0 Å². The molecule has 0 radical (unpaired) electrons. The van der Waals surface area contributed by atoms with Gasteiger partial charge in [0.05, 0.1) is 12.2 Å². The Bertz CT molecular complexity index is 473. The Balaban J connectivity index is 2.77. The largest absolute Gasteiger partial charge is 0.442 e. The predicted molar refractivity (Wildman–Crippen MR) is 99.5 cm³/mol. The van der Waals surface area contributed by atoms with Crippen LogP contribution in [0.1, 0.15) is 60.8 Å². The van der Waals surface area contributed by atoms with Crippen molar-refractivity contribution in [3.63, 3.8) is 0 Å². The highest BCUT2D eigenvalue weighted by Gasteiger charge is 2.29. The normalized spacial score (nSPS) is 28.5. The maximum Gasteiger partial charge on any atom is 0.408 e. The van der Waals surface area contributed by atoms with E-state index in [0.717, 1.165) is 0 Å². The van der Waals surface area contributed by atoms with Gasteiger partial charge in [-0.25, -0.2) is 4.79 Å². The lowest BCUT2D eigenvalue weighted by Crippen LogP contribution is -2.43. The fourth-order valence-electron chi connectivity index (χ4n) is 2.72.